The van der Waals surface area contributed by atoms with Crippen molar-refractivity contribution in [1.82, 2.24) is 4.57 Å². The van der Waals surface area contributed by atoms with Gasteiger partial charge in [-0.3, -0.25) is 9.36 Å². The topological polar surface area (TPSA) is 43.6 Å². The summed E-state index contributed by atoms with van der Waals surface area (Å²) < 4.78 is 23.8. The first kappa shape index (κ1) is 27.9. The second kappa shape index (κ2) is 11.4. The van der Waals surface area contributed by atoms with Crippen molar-refractivity contribution < 1.29 is 9.13 Å². The molecule has 0 spiro atoms. The SMILES string of the molecule is O=c1/c(=C\c2c(OCc3ccc(Br)cc3)ccc3ccccc23)sc2n1[C@@H](c1ccc(F)cc1)C1=C(N=2)c2ccccc2CC1. The first-order valence-electron chi connectivity index (χ1n) is 14.8. The highest BCUT2D eigenvalue weighted by Gasteiger charge is 2.32. The van der Waals surface area contributed by atoms with Gasteiger partial charge in [-0.25, -0.2) is 9.38 Å². The summed E-state index contributed by atoms with van der Waals surface area (Å²) >= 11 is 4.88. The maximum Gasteiger partial charge on any atom is 0.271 e. The van der Waals surface area contributed by atoms with Gasteiger partial charge in [-0.15, -0.1) is 0 Å². The fraction of sp³-hybridized carbons (Fsp3) is 0.105. The second-order valence-corrected chi connectivity index (χ2v) is 13.2. The van der Waals surface area contributed by atoms with E-state index >= 15 is 0 Å². The average molecular weight is 674 g/mol. The van der Waals surface area contributed by atoms with Gasteiger partial charge in [-0.2, -0.15) is 0 Å². The number of ether oxygens (including phenoxy) is 1. The van der Waals surface area contributed by atoms with Gasteiger partial charge < -0.3 is 4.74 Å². The predicted octanol–water partition coefficient (Wildman–Crippen LogP) is 7.95. The van der Waals surface area contributed by atoms with Crippen molar-refractivity contribution in [3.8, 4) is 5.75 Å². The number of thiazole rings is 1. The van der Waals surface area contributed by atoms with E-state index in [0.717, 1.165) is 61.6 Å². The molecule has 0 amide bonds. The van der Waals surface area contributed by atoms with Gasteiger partial charge in [0.1, 0.15) is 18.2 Å². The Morgan fingerprint density at radius 3 is 2.53 bits per heavy atom. The summed E-state index contributed by atoms with van der Waals surface area (Å²) in [7, 11) is 0. The molecule has 45 heavy (non-hydrogen) atoms. The van der Waals surface area contributed by atoms with Gasteiger partial charge in [-0.05, 0) is 82.3 Å². The molecule has 0 N–H and O–H groups in total. The van der Waals surface area contributed by atoms with Gasteiger partial charge in [0, 0.05) is 15.6 Å². The summed E-state index contributed by atoms with van der Waals surface area (Å²) in [4.78, 5) is 20.1. The van der Waals surface area contributed by atoms with E-state index in [4.69, 9.17) is 9.73 Å². The van der Waals surface area contributed by atoms with Crippen LogP contribution in [0.3, 0.4) is 0 Å². The normalized spacial score (nSPS) is 15.8. The number of allylic oxidation sites excluding steroid dienone is 1. The molecule has 0 unspecified atom stereocenters. The Kier molecular flexibility index (Phi) is 7.07. The number of hydrogen-bond donors (Lipinski definition) is 0. The minimum Gasteiger partial charge on any atom is -0.488 e. The van der Waals surface area contributed by atoms with E-state index in [9.17, 15) is 9.18 Å². The van der Waals surface area contributed by atoms with E-state index in [0.29, 0.717) is 21.7 Å². The zero-order valence-electron chi connectivity index (χ0n) is 24.0. The Morgan fingerprint density at radius 1 is 0.911 bits per heavy atom. The highest BCUT2D eigenvalue weighted by Crippen LogP contribution is 2.41. The molecule has 0 radical (unpaired) electrons. The van der Waals surface area contributed by atoms with Crippen LogP contribution >= 0.6 is 27.3 Å². The standard InChI is InChI=1S/C38H26BrFN2O2S/c39-27-15-9-23(10-16-27)22-44-33-20-14-24-5-1-3-7-29(24)32(33)21-34-37(43)42-36(26-11-17-28(40)18-12-26)31-19-13-25-6-2-4-8-30(25)35(31)41-38(42)45-34/h1-12,14-18,20-21,36H,13,19,22H2/b34-21+/t36-/m0/s1. The van der Waals surface area contributed by atoms with Crippen molar-refractivity contribution >= 4 is 49.8 Å². The Bertz CT molecular complexity index is 2320. The molecule has 7 heteroatoms. The third-order valence-electron chi connectivity index (χ3n) is 8.57. The van der Waals surface area contributed by atoms with Crippen molar-refractivity contribution in [3.63, 3.8) is 0 Å². The molecule has 2 heterocycles. The fourth-order valence-electron chi connectivity index (χ4n) is 6.39. The van der Waals surface area contributed by atoms with Crippen LogP contribution < -0.4 is 19.6 Å². The summed E-state index contributed by atoms with van der Waals surface area (Å²) in [6, 6.07) is 34.7. The van der Waals surface area contributed by atoms with E-state index in [1.165, 1.54) is 29.0 Å². The molecular formula is C38H26BrFN2O2S. The Labute approximate surface area is 271 Å². The third kappa shape index (κ3) is 5.06. The number of rotatable bonds is 5. The molecule has 1 aliphatic heterocycles. The Balaban J connectivity index is 1.32. The molecule has 0 saturated heterocycles. The zero-order chi connectivity index (χ0) is 30.5. The number of nitrogens with zero attached hydrogens (tertiary/aromatic N) is 2. The molecule has 1 aliphatic carbocycles. The van der Waals surface area contributed by atoms with Gasteiger partial charge in [0.25, 0.3) is 5.56 Å². The molecule has 220 valence electrons. The minimum absolute atomic E-state index is 0.120. The van der Waals surface area contributed by atoms with Crippen molar-refractivity contribution in [2.45, 2.75) is 25.5 Å². The summed E-state index contributed by atoms with van der Waals surface area (Å²) in [6.45, 7) is 0.393. The monoisotopic (exact) mass is 672 g/mol. The third-order valence-corrected chi connectivity index (χ3v) is 10.1. The summed E-state index contributed by atoms with van der Waals surface area (Å²) in [6.07, 6.45) is 3.59. The van der Waals surface area contributed by atoms with Crippen LogP contribution in [0.1, 0.15) is 40.3 Å². The number of hydrogen-bond acceptors (Lipinski definition) is 4. The Morgan fingerprint density at radius 2 is 1.69 bits per heavy atom. The molecule has 0 bridgehead atoms. The van der Waals surface area contributed by atoms with E-state index in [1.54, 1.807) is 16.7 Å². The van der Waals surface area contributed by atoms with Crippen molar-refractivity contribution in [2.75, 3.05) is 0 Å². The number of fused-ring (bicyclic) bond motifs is 4. The van der Waals surface area contributed by atoms with Crippen molar-refractivity contribution in [3.05, 3.63) is 173 Å². The minimum atomic E-state index is -0.368. The highest BCUT2D eigenvalue weighted by atomic mass is 79.9. The molecule has 0 saturated carbocycles. The van der Waals surface area contributed by atoms with Crippen LogP contribution in [0.25, 0.3) is 22.5 Å². The number of aromatic nitrogens is 1. The first-order chi connectivity index (χ1) is 22.0. The molecule has 5 aromatic carbocycles. The van der Waals surface area contributed by atoms with Gasteiger partial charge in [0.15, 0.2) is 4.80 Å². The molecule has 6 aromatic rings. The lowest BCUT2D eigenvalue weighted by Gasteiger charge is -2.30. The average Bonchev–Trinajstić information content (AvgIpc) is 3.38. The molecule has 4 nitrogen and oxygen atoms in total. The molecule has 1 aromatic heterocycles. The van der Waals surface area contributed by atoms with Crippen LogP contribution in [0, 0.1) is 5.82 Å². The quantitative estimate of drug-likeness (QED) is 0.187. The van der Waals surface area contributed by atoms with Crippen LogP contribution in [0.5, 0.6) is 5.75 Å². The van der Waals surface area contributed by atoms with Gasteiger partial charge in [0.05, 0.1) is 16.3 Å². The summed E-state index contributed by atoms with van der Waals surface area (Å²) in [5.74, 6) is 0.395. The summed E-state index contributed by atoms with van der Waals surface area (Å²) in [5.41, 5.74) is 7.00. The van der Waals surface area contributed by atoms with Crippen LogP contribution in [-0.2, 0) is 13.0 Å². The van der Waals surface area contributed by atoms with Gasteiger partial charge >= 0.3 is 0 Å². The molecule has 2 aliphatic rings. The van der Waals surface area contributed by atoms with Crippen molar-refractivity contribution in [1.29, 1.82) is 0 Å². The van der Waals surface area contributed by atoms with E-state index in [2.05, 4.69) is 46.3 Å². The van der Waals surface area contributed by atoms with E-state index in [1.807, 2.05) is 60.7 Å². The van der Waals surface area contributed by atoms with Crippen LogP contribution in [0.2, 0.25) is 0 Å². The zero-order valence-corrected chi connectivity index (χ0v) is 26.4. The fourth-order valence-corrected chi connectivity index (χ4v) is 7.64. The van der Waals surface area contributed by atoms with Crippen molar-refractivity contribution in [2.24, 2.45) is 4.99 Å². The van der Waals surface area contributed by atoms with Crippen LogP contribution in [0.4, 0.5) is 4.39 Å². The molecule has 1 atom stereocenters. The van der Waals surface area contributed by atoms with Crippen LogP contribution in [-0.4, -0.2) is 4.57 Å². The number of aryl methyl sites for hydroxylation is 1. The Hall–Kier alpha value is -4.59. The molecule has 0 fully saturated rings. The molecule has 8 rings (SSSR count). The first-order valence-corrected chi connectivity index (χ1v) is 16.4. The maximum absolute atomic E-state index is 14.4. The lowest BCUT2D eigenvalue weighted by molar-refractivity contribution is 0.306. The van der Waals surface area contributed by atoms with Gasteiger partial charge in [0.2, 0.25) is 0 Å². The number of halogens is 2. The van der Waals surface area contributed by atoms with Crippen LogP contribution in [0.15, 0.2) is 129 Å². The van der Waals surface area contributed by atoms with Gasteiger partial charge in [-0.1, -0.05) is 106 Å². The largest absolute Gasteiger partial charge is 0.488 e. The van der Waals surface area contributed by atoms with E-state index < -0.39 is 0 Å². The van der Waals surface area contributed by atoms with E-state index in [-0.39, 0.29) is 17.4 Å². The predicted molar refractivity (Wildman–Crippen MR) is 182 cm³/mol. The molecular weight excluding hydrogens is 647 g/mol. The second-order valence-electron chi connectivity index (χ2n) is 11.3. The summed E-state index contributed by atoms with van der Waals surface area (Å²) in [5, 5.41) is 2.06. The highest BCUT2D eigenvalue weighted by molar-refractivity contribution is 9.10. The lowest BCUT2D eigenvalue weighted by Crippen LogP contribution is -2.38. The lowest BCUT2D eigenvalue weighted by atomic mass is 9.83. The maximum atomic E-state index is 14.4. The number of benzene rings is 5. The smallest absolute Gasteiger partial charge is 0.271 e.